The SMILES string of the molecule is C#CCOC(C)(C)CCOC(C)(C)C#CCc1c(Cl)c(=O)oc2cc(OC(C)=O)ccc12. The van der Waals surface area contributed by atoms with Crippen LogP contribution in [0.5, 0.6) is 5.75 Å². The van der Waals surface area contributed by atoms with E-state index in [1.165, 1.54) is 13.0 Å². The molecule has 0 fully saturated rings. The summed E-state index contributed by atoms with van der Waals surface area (Å²) in [6.07, 6.45) is 6.11. The predicted molar refractivity (Wildman–Crippen MR) is 124 cm³/mol. The quantitative estimate of drug-likeness (QED) is 0.250. The number of hydrogen-bond donors (Lipinski definition) is 0. The van der Waals surface area contributed by atoms with Gasteiger partial charge < -0.3 is 18.6 Å². The Labute approximate surface area is 193 Å². The van der Waals surface area contributed by atoms with E-state index in [1.54, 1.807) is 12.1 Å². The van der Waals surface area contributed by atoms with Gasteiger partial charge in [0, 0.05) is 30.4 Å². The maximum atomic E-state index is 12.2. The summed E-state index contributed by atoms with van der Waals surface area (Å²) in [6, 6.07) is 4.76. The number of carbonyl (C=O) groups excluding carboxylic acids is 1. The molecule has 0 saturated heterocycles. The van der Waals surface area contributed by atoms with Crippen molar-refractivity contribution in [2.75, 3.05) is 13.2 Å². The normalized spacial score (nSPS) is 11.5. The van der Waals surface area contributed by atoms with Crippen LogP contribution in [0.25, 0.3) is 11.0 Å². The number of carbonyl (C=O) groups is 1. The van der Waals surface area contributed by atoms with Crippen molar-refractivity contribution in [3.05, 3.63) is 39.2 Å². The van der Waals surface area contributed by atoms with Gasteiger partial charge in [0.05, 0.1) is 12.2 Å². The average molecular weight is 459 g/mol. The molecule has 0 atom stereocenters. The number of rotatable bonds is 8. The molecule has 0 N–H and O–H groups in total. The molecule has 0 radical (unpaired) electrons. The van der Waals surface area contributed by atoms with Gasteiger partial charge in [0.1, 0.15) is 28.6 Å². The number of fused-ring (bicyclic) bond motifs is 1. The van der Waals surface area contributed by atoms with Gasteiger partial charge in [0.2, 0.25) is 0 Å². The van der Waals surface area contributed by atoms with Crippen LogP contribution in [-0.4, -0.2) is 30.4 Å². The molecule has 0 aliphatic heterocycles. The Bertz CT molecular complexity index is 1140. The molecule has 1 aromatic heterocycles. The van der Waals surface area contributed by atoms with Crippen LogP contribution in [0.1, 0.15) is 46.6 Å². The van der Waals surface area contributed by atoms with E-state index in [1.807, 2.05) is 27.7 Å². The van der Waals surface area contributed by atoms with Crippen molar-refractivity contribution < 1.29 is 23.4 Å². The van der Waals surface area contributed by atoms with Gasteiger partial charge in [-0.3, -0.25) is 4.79 Å². The lowest BCUT2D eigenvalue weighted by atomic mass is 10.0. The lowest BCUT2D eigenvalue weighted by Gasteiger charge is -2.26. The van der Waals surface area contributed by atoms with Crippen molar-refractivity contribution in [3.8, 4) is 29.9 Å². The van der Waals surface area contributed by atoms with Crippen LogP contribution in [0.2, 0.25) is 5.02 Å². The summed E-state index contributed by atoms with van der Waals surface area (Å²) in [7, 11) is 0. The molecular weight excluding hydrogens is 432 g/mol. The molecule has 2 aromatic rings. The zero-order valence-corrected chi connectivity index (χ0v) is 19.7. The molecule has 32 heavy (non-hydrogen) atoms. The Balaban J connectivity index is 2.15. The number of halogens is 1. The number of esters is 1. The summed E-state index contributed by atoms with van der Waals surface area (Å²) in [5, 5.41) is 0.587. The third-order valence-electron chi connectivity index (χ3n) is 4.55. The fourth-order valence-corrected chi connectivity index (χ4v) is 3.07. The van der Waals surface area contributed by atoms with Crippen molar-refractivity contribution in [2.24, 2.45) is 0 Å². The first-order valence-corrected chi connectivity index (χ1v) is 10.5. The minimum atomic E-state index is -0.716. The zero-order valence-electron chi connectivity index (χ0n) is 19.0. The van der Waals surface area contributed by atoms with E-state index in [-0.39, 0.29) is 29.4 Å². The Morgan fingerprint density at radius 3 is 2.59 bits per heavy atom. The van der Waals surface area contributed by atoms with Crippen molar-refractivity contribution in [1.82, 2.24) is 0 Å². The molecule has 1 heterocycles. The highest BCUT2D eigenvalue weighted by Crippen LogP contribution is 2.27. The van der Waals surface area contributed by atoms with Gasteiger partial charge in [0.25, 0.3) is 0 Å². The Morgan fingerprint density at radius 2 is 1.94 bits per heavy atom. The van der Waals surface area contributed by atoms with Crippen molar-refractivity contribution in [2.45, 2.75) is 58.7 Å². The van der Waals surface area contributed by atoms with E-state index in [4.69, 9.17) is 36.7 Å². The highest BCUT2D eigenvalue weighted by molar-refractivity contribution is 6.32. The van der Waals surface area contributed by atoms with E-state index in [0.717, 1.165) is 0 Å². The minimum absolute atomic E-state index is 0.0295. The smallest absolute Gasteiger partial charge is 0.355 e. The number of benzene rings is 1. The van der Waals surface area contributed by atoms with Gasteiger partial charge in [-0.15, -0.1) is 6.42 Å². The van der Waals surface area contributed by atoms with Crippen LogP contribution in [0, 0.1) is 24.2 Å². The topological polar surface area (TPSA) is 75.0 Å². The molecule has 7 heteroatoms. The van der Waals surface area contributed by atoms with Crippen molar-refractivity contribution in [3.63, 3.8) is 0 Å². The molecule has 0 spiro atoms. The number of terminal acetylenes is 1. The van der Waals surface area contributed by atoms with E-state index in [0.29, 0.717) is 24.0 Å². The molecule has 6 nitrogen and oxygen atoms in total. The second-order valence-electron chi connectivity index (χ2n) is 8.27. The maximum Gasteiger partial charge on any atom is 0.355 e. The number of hydrogen-bond acceptors (Lipinski definition) is 6. The number of ether oxygens (including phenoxy) is 3. The second-order valence-corrected chi connectivity index (χ2v) is 8.65. The first-order chi connectivity index (χ1) is 14.9. The van der Waals surface area contributed by atoms with Gasteiger partial charge in [-0.2, -0.15) is 0 Å². The van der Waals surface area contributed by atoms with E-state index in [2.05, 4.69) is 17.8 Å². The molecule has 0 unspecified atom stereocenters. The van der Waals surface area contributed by atoms with Crippen LogP contribution in [0.4, 0.5) is 0 Å². The maximum absolute atomic E-state index is 12.2. The van der Waals surface area contributed by atoms with Gasteiger partial charge >= 0.3 is 11.6 Å². The van der Waals surface area contributed by atoms with Crippen LogP contribution < -0.4 is 10.4 Å². The van der Waals surface area contributed by atoms with Gasteiger partial charge in [-0.05, 0) is 46.2 Å². The van der Waals surface area contributed by atoms with E-state index < -0.39 is 22.8 Å². The molecule has 0 saturated carbocycles. The monoisotopic (exact) mass is 458 g/mol. The standard InChI is InChI=1S/C25H27ClO6/c1-7-14-29-25(5,6)13-15-30-24(3,4)12-8-9-20-19-11-10-18(31-17(2)27)16-21(19)32-23(28)22(20)26/h1,10-11,16H,9,13-15H2,2-6H3. The fourth-order valence-electron chi connectivity index (χ4n) is 2.87. The lowest BCUT2D eigenvalue weighted by Crippen LogP contribution is -2.30. The molecule has 170 valence electrons. The molecular formula is C25H27ClO6. The average Bonchev–Trinajstić information content (AvgIpc) is 2.68. The molecule has 0 amide bonds. The zero-order chi connectivity index (χ0) is 23.9. The van der Waals surface area contributed by atoms with Gasteiger partial charge in [0.15, 0.2) is 0 Å². The minimum Gasteiger partial charge on any atom is -0.427 e. The molecule has 2 rings (SSSR count). The second kappa shape index (κ2) is 10.7. The van der Waals surface area contributed by atoms with Gasteiger partial charge in [-0.25, -0.2) is 4.79 Å². The third kappa shape index (κ3) is 7.43. The van der Waals surface area contributed by atoms with E-state index >= 15 is 0 Å². The Morgan fingerprint density at radius 1 is 1.22 bits per heavy atom. The van der Waals surface area contributed by atoms with Crippen molar-refractivity contribution in [1.29, 1.82) is 0 Å². The van der Waals surface area contributed by atoms with Crippen molar-refractivity contribution >= 4 is 28.5 Å². The first-order valence-electron chi connectivity index (χ1n) is 10.1. The summed E-state index contributed by atoms with van der Waals surface area (Å²) < 4.78 is 21.8. The predicted octanol–water partition coefficient (Wildman–Crippen LogP) is 4.53. The Kier molecular flexibility index (Phi) is 8.52. The first kappa shape index (κ1) is 25.5. The third-order valence-corrected chi connectivity index (χ3v) is 4.94. The summed E-state index contributed by atoms with van der Waals surface area (Å²) in [4.78, 5) is 23.3. The van der Waals surface area contributed by atoms with Crippen LogP contribution in [-0.2, 0) is 20.7 Å². The summed E-state index contributed by atoms with van der Waals surface area (Å²) in [5.74, 6) is 8.39. The van der Waals surface area contributed by atoms with Crippen LogP contribution in [0.15, 0.2) is 27.4 Å². The molecule has 0 aliphatic rings. The Hall–Kier alpha value is -2.77. The fraction of sp³-hybridized carbons (Fsp3) is 0.440. The molecule has 1 aromatic carbocycles. The summed E-state index contributed by atoms with van der Waals surface area (Å²) in [5.41, 5.74) is -0.989. The molecule has 0 aliphatic carbocycles. The highest BCUT2D eigenvalue weighted by Gasteiger charge is 2.21. The summed E-state index contributed by atoms with van der Waals surface area (Å²) >= 11 is 6.20. The van der Waals surface area contributed by atoms with Gasteiger partial charge in [-0.1, -0.05) is 29.4 Å². The lowest BCUT2D eigenvalue weighted by molar-refractivity contribution is -0.131. The summed E-state index contributed by atoms with van der Waals surface area (Å²) in [6.45, 7) is 9.60. The van der Waals surface area contributed by atoms with E-state index in [9.17, 15) is 9.59 Å². The van der Waals surface area contributed by atoms with Crippen LogP contribution in [0.3, 0.4) is 0 Å². The molecule has 0 bridgehead atoms. The largest absolute Gasteiger partial charge is 0.427 e. The highest BCUT2D eigenvalue weighted by atomic mass is 35.5. The van der Waals surface area contributed by atoms with Crippen LogP contribution >= 0.6 is 11.6 Å².